The third kappa shape index (κ3) is 4.09. The van der Waals surface area contributed by atoms with Gasteiger partial charge in [-0.15, -0.1) is 0 Å². The summed E-state index contributed by atoms with van der Waals surface area (Å²) in [6.45, 7) is 7.89. The molecule has 2 rings (SSSR count). The van der Waals surface area contributed by atoms with Crippen molar-refractivity contribution in [3.63, 3.8) is 0 Å². The quantitative estimate of drug-likeness (QED) is 0.828. The van der Waals surface area contributed by atoms with Crippen molar-refractivity contribution in [1.29, 1.82) is 0 Å². The van der Waals surface area contributed by atoms with Crippen LogP contribution in [0.25, 0.3) is 0 Å². The highest BCUT2D eigenvalue weighted by molar-refractivity contribution is 5.87. The zero-order valence-corrected chi connectivity index (χ0v) is 13.9. The molecule has 0 saturated carbocycles. The van der Waals surface area contributed by atoms with E-state index < -0.39 is 11.5 Å². The number of nitrogens with zero attached hydrogens (tertiary/aromatic N) is 2. The van der Waals surface area contributed by atoms with Gasteiger partial charge in [0, 0.05) is 32.7 Å². The Hall–Kier alpha value is -1.92. The van der Waals surface area contributed by atoms with Gasteiger partial charge in [0.15, 0.2) is 0 Å². The van der Waals surface area contributed by atoms with Crippen LogP contribution in [0.15, 0.2) is 24.3 Å². The van der Waals surface area contributed by atoms with Gasteiger partial charge < -0.3 is 9.84 Å². The first kappa shape index (κ1) is 17.4. The second-order valence-electron chi connectivity index (χ2n) is 6.32. The smallest absolute Gasteiger partial charge is 0.335 e. The van der Waals surface area contributed by atoms with Crippen molar-refractivity contribution in [3.05, 3.63) is 35.4 Å². The van der Waals surface area contributed by atoms with Gasteiger partial charge in [-0.3, -0.25) is 14.6 Å². The zero-order valence-electron chi connectivity index (χ0n) is 13.9. The van der Waals surface area contributed by atoms with Crippen LogP contribution < -0.4 is 0 Å². The maximum absolute atomic E-state index is 11.9. The summed E-state index contributed by atoms with van der Waals surface area (Å²) in [7, 11) is 1.42. The maximum Gasteiger partial charge on any atom is 0.335 e. The average Bonchev–Trinajstić information content (AvgIpc) is 2.55. The Kier molecular flexibility index (Phi) is 5.38. The molecule has 1 aromatic carbocycles. The van der Waals surface area contributed by atoms with Gasteiger partial charge >= 0.3 is 11.9 Å². The van der Waals surface area contributed by atoms with E-state index >= 15 is 0 Å². The summed E-state index contributed by atoms with van der Waals surface area (Å²) >= 11 is 0. The largest absolute Gasteiger partial charge is 0.478 e. The maximum atomic E-state index is 11.9. The van der Waals surface area contributed by atoms with E-state index in [0.29, 0.717) is 5.56 Å². The molecule has 23 heavy (non-hydrogen) atoms. The summed E-state index contributed by atoms with van der Waals surface area (Å²) in [5.74, 6) is -1.12. The second-order valence-corrected chi connectivity index (χ2v) is 6.32. The van der Waals surface area contributed by atoms with Crippen molar-refractivity contribution >= 4 is 11.9 Å². The number of hydrogen-bond donors (Lipinski definition) is 1. The number of carbonyl (C=O) groups excluding carboxylic acids is 1. The first-order valence-electron chi connectivity index (χ1n) is 7.72. The van der Waals surface area contributed by atoms with Crippen molar-refractivity contribution in [3.8, 4) is 0 Å². The third-order valence-electron chi connectivity index (χ3n) is 4.45. The number of carbonyl (C=O) groups is 2. The number of aromatic carboxylic acids is 1. The van der Waals surface area contributed by atoms with Crippen LogP contribution in [0.3, 0.4) is 0 Å². The SMILES string of the molecule is COC(=O)C(C)(C)N1CCN(Cc2ccc(C(=O)O)cc2)CC1. The van der Waals surface area contributed by atoms with E-state index in [-0.39, 0.29) is 5.97 Å². The molecule has 0 aliphatic carbocycles. The summed E-state index contributed by atoms with van der Waals surface area (Å²) in [6, 6.07) is 6.98. The number of piperazine rings is 1. The predicted octanol–water partition coefficient (Wildman–Crippen LogP) is 1.45. The summed E-state index contributed by atoms with van der Waals surface area (Å²) in [5, 5.41) is 8.91. The Morgan fingerprint density at radius 3 is 2.17 bits per heavy atom. The first-order chi connectivity index (χ1) is 10.8. The van der Waals surface area contributed by atoms with Gasteiger partial charge in [-0.1, -0.05) is 12.1 Å². The summed E-state index contributed by atoms with van der Waals surface area (Å²) in [5.41, 5.74) is 0.790. The van der Waals surface area contributed by atoms with E-state index in [2.05, 4.69) is 9.80 Å². The van der Waals surface area contributed by atoms with Gasteiger partial charge in [0.25, 0.3) is 0 Å². The van der Waals surface area contributed by atoms with E-state index in [0.717, 1.165) is 38.3 Å². The topological polar surface area (TPSA) is 70.1 Å². The van der Waals surface area contributed by atoms with Gasteiger partial charge in [0.2, 0.25) is 0 Å². The lowest BCUT2D eigenvalue weighted by molar-refractivity contribution is -0.154. The van der Waals surface area contributed by atoms with E-state index in [1.807, 2.05) is 26.0 Å². The number of rotatable bonds is 5. The number of methoxy groups -OCH3 is 1. The number of ether oxygens (including phenoxy) is 1. The number of hydrogen-bond acceptors (Lipinski definition) is 5. The van der Waals surface area contributed by atoms with Crippen molar-refractivity contribution in [2.45, 2.75) is 25.9 Å². The molecule has 1 saturated heterocycles. The Morgan fingerprint density at radius 1 is 1.13 bits per heavy atom. The molecule has 0 radical (unpaired) electrons. The summed E-state index contributed by atoms with van der Waals surface area (Å²) in [4.78, 5) is 27.2. The molecule has 0 unspecified atom stereocenters. The molecule has 1 aromatic rings. The van der Waals surface area contributed by atoms with E-state index in [9.17, 15) is 9.59 Å². The highest BCUT2D eigenvalue weighted by Gasteiger charge is 2.37. The molecule has 1 N–H and O–H groups in total. The lowest BCUT2D eigenvalue weighted by atomic mass is 10.0. The lowest BCUT2D eigenvalue weighted by Crippen LogP contribution is -2.58. The van der Waals surface area contributed by atoms with Crippen molar-refractivity contribution in [2.75, 3.05) is 33.3 Å². The second kappa shape index (κ2) is 7.10. The van der Waals surface area contributed by atoms with E-state index in [4.69, 9.17) is 9.84 Å². The van der Waals surface area contributed by atoms with Crippen LogP contribution in [0.5, 0.6) is 0 Å². The predicted molar refractivity (Wildman–Crippen MR) is 86.3 cm³/mol. The average molecular weight is 320 g/mol. The minimum Gasteiger partial charge on any atom is -0.478 e. The van der Waals surface area contributed by atoms with Crippen LogP contribution in [-0.2, 0) is 16.1 Å². The molecule has 6 nitrogen and oxygen atoms in total. The Labute approximate surface area is 136 Å². The van der Waals surface area contributed by atoms with Crippen LogP contribution in [0.4, 0.5) is 0 Å². The van der Waals surface area contributed by atoms with Crippen molar-refractivity contribution in [2.24, 2.45) is 0 Å². The molecule has 1 fully saturated rings. The lowest BCUT2D eigenvalue weighted by Gasteiger charge is -2.42. The molecule has 0 aromatic heterocycles. The van der Waals surface area contributed by atoms with Crippen LogP contribution in [0, 0.1) is 0 Å². The normalized spacial score (nSPS) is 17.0. The van der Waals surface area contributed by atoms with Crippen LogP contribution in [0.1, 0.15) is 29.8 Å². The first-order valence-corrected chi connectivity index (χ1v) is 7.72. The molecule has 1 aliphatic rings. The minimum absolute atomic E-state index is 0.213. The number of benzene rings is 1. The summed E-state index contributed by atoms with van der Waals surface area (Å²) < 4.78 is 4.88. The fraction of sp³-hybridized carbons (Fsp3) is 0.529. The van der Waals surface area contributed by atoms with Gasteiger partial charge in [-0.25, -0.2) is 4.79 Å². The molecule has 126 valence electrons. The highest BCUT2D eigenvalue weighted by atomic mass is 16.5. The summed E-state index contributed by atoms with van der Waals surface area (Å²) in [6.07, 6.45) is 0. The van der Waals surface area contributed by atoms with Crippen LogP contribution >= 0.6 is 0 Å². The molecule has 0 atom stereocenters. The molecule has 1 heterocycles. The van der Waals surface area contributed by atoms with Crippen molar-refractivity contribution in [1.82, 2.24) is 9.80 Å². The molecule has 0 amide bonds. The van der Waals surface area contributed by atoms with Crippen LogP contribution in [-0.4, -0.2) is 65.7 Å². The van der Waals surface area contributed by atoms with E-state index in [1.54, 1.807) is 12.1 Å². The van der Waals surface area contributed by atoms with Gasteiger partial charge in [-0.2, -0.15) is 0 Å². The van der Waals surface area contributed by atoms with Crippen molar-refractivity contribution < 1.29 is 19.4 Å². The fourth-order valence-corrected chi connectivity index (χ4v) is 2.85. The number of carboxylic acid groups (broad SMARTS) is 1. The molecule has 1 aliphatic heterocycles. The van der Waals surface area contributed by atoms with Crippen LogP contribution in [0.2, 0.25) is 0 Å². The van der Waals surface area contributed by atoms with Gasteiger partial charge in [-0.05, 0) is 31.5 Å². The zero-order chi connectivity index (χ0) is 17.0. The number of carboxylic acids is 1. The van der Waals surface area contributed by atoms with E-state index in [1.165, 1.54) is 7.11 Å². The minimum atomic E-state index is -0.907. The Morgan fingerprint density at radius 2 is 1.70 bits per heavy atom. The number of esters is 1. The Balaban J connectivity index is 1.89. The van der Waals surface area contributed by atoms with Gasteiger partial charge in [0.05, 0.1) is 12.7 Å². The van der Waals surface area contributed by atoms with Gasteiger partial charge in [0.1, 0.15) is 5.54 Å². The standard InChI is InChI=1S/C17H24N2O4/c1-17(2,16(22)23-3)19-10-8-18(9-11-19)12-13-4-6-14(7-5-13)15(20)21/h4-7H,8-12H2,1-3H3,(H,20,21). The molecular formula is C17H24N2O4. The molecular weight excluding hydrogens is 296 g/mol. The Bertz CT molecular complexity index is 560. The molecule has 0 bridgehead atoms. The fourth-order valence-electron chi connectivity index (χ4n) is 2.85. The molecule has 0 spiro atoms. The molecule has 6 heteroatoms. The monoisotopic (exact) mass is 320 g/mol. The third-order valence-corrected chi connectivity index (χ3v) is 4.45. The highest BCUT2D eigenvalue weighted by Crippen LogP contribution is 2.19.